The average Bonchev–Trinajstić information content (AvgIpc) is 2.39. The highest BCUT2D eigenvalue weighted by molar-refractivity contribution is 6.02. The van der Waals surface area contributed by atoms with Gasteiger partial charge >= 0.3 is 0 Å². The van der Waals surface area contributed by atoms with Gasteiger partial charge in [0.15, 0.2) is 0 Å². The van der Waals surface area contributed by atoms with Crippen LogP contribution < -0.4 is 11.5 Å². The first kappa shape index (κ1) is 12.2. The van der Waals surface area contributed by atoms with Crippen LogP contribution in [0.5, 0.6) is 0 Å². The summed E-state index contributed by atoms with van der Waals surface area (Å²) in [6.07, 6.45) is 0.685. The van der Waals surface area contributed by atoms with Crippen LogP contribution in [0.1, 0.15) is 22.8 Å². The van der Waals surface area contributed by atoms with Crippen LogP contribution in [0, 0.1) is 0 Å². The molecule has 0 aliphatic rings. The SMILES string of the molecule is CCc1c(N)ccc(-c2ccccc2)c1C(N)=O. The summed E-state index contributed by atoms with van der Waals surface area (Å²) < 4.78 is 0. The van der Waals surface area contributed by atoms with Gasteiger partial charge < -0.3 is 11.5 Å². The second-order valence-electron chi connectivity index (χ2n) is 4.14. The number of benzene rings is 2. The third-order valence-electron chi connectivity index (χ3n) is 3.03. The molecule has 18 heavy (non-hydrogen) atoms. The summed E-state index contributed by atoms with van der Waals surface area (Å²) in [5.74, 6) is -0.432. The zero-order chi connectivity index (χ0) is 13.1. The minimum atomic E-state index is -0.432. The van der Waals surface area contributed by atoms with Crippen LogP contribution in [0.3, 0.4) is 0 Å². The Hall–Kier alpha value is -2.29. The van der Waals surface area contributed by atoms with Gasteiger partial charge in [-0.1, -0.05) is 43.3 Å². The first-order chi connectivity index (χ1) is 8.65. The van der Waals surface area contributed by atoms with Crippen LogP contribution >= 0.6 is 0 Å². The van der Waals surface area contributed by atoms with E-state index in [-0.39, 0.29) is 0 Å². The Kier molecular flexibility index (Phi) is 3.33. The standard InChI is InChI=1S/C15H16N2O/c1-2-11-13(16)9-8-12(14(11)15(17)18)10-6-4-3-5-7-10/h3-9H,2,16H2,1H3,(H2,17,18). The molecule has 2 rings (SSSR count). The molecular weight excluding hydrogens is 224 g/mol. The quantitative estimate of drug-likeness (QED) is 0.809. The van der Waals surface area contributed by atoms with Gasteiger partial charge in [0, 0.05) is 5.69 Å². The molecule has 0 atom stereocenters. The summed E-state index contributed by atoms with van der Waals surface area (Å²) >= 11 is 0. The van der Waals surface area contributed by atoms with Crippen LogP contribution in [-0.2, 0) is 6.42 Å². The number of rotatable bonds is 3. The molecule has 0 saturated carbocycles. The van der Waals surface area contributed by atoms with Gasteiger partial charge in [0.25, 0.3) is 0 Å². The second-order valence-corrected chi connectivity index (χ2v) is 4.14. The Balaban J connectivity index is 2.72. The van der Waals surface area contributed by atoms with E-state index in [0.29, 0.717) is 17.7 Å². The average molecular weight is 240 g/mol. The van der Waals surface area contributed by atoms with Crippen LogP contribution in [0.15, 0.2) is 42.5 Å². The summed E-state index contributed by atoms with van der Waals surface area (Å²) in [5, 5.41) is 0. The van der Waals surface area contributed by atoms with Crippen LogP contribution in [0.4, 0.5) is 5.69 Å². The summed E-state index contributed by atoms with van der Waals surface area (Å²) in [6.45, 7) is 1.97. The first-order valence-corrected chi connectivity index (χ1v) is 5.91. The molecule has 92 valence electrons. The topological polar surface area (TPSA) is 69.1 Å². The van der Waals surface area contributed by atoms with Crippen molar-refractivity contribution in [1.82, 2.24) is 0 Å². The molecule has 0 unspecified atom stereocenters. The van der Waals surface area contributed by atoms with E-state index in [4.69, 9.17) is 11.5 Å². The number of anilines is 1. The Labute approximate surface area is 106 Å². The van der Waals surface area contributed by atoms with Crippen molar-refractivity contribution in [3.05, 3.63) is 53.6 Å². The Morgan fingerprint density at radius 3 is 2.33 bits per heavy atom. The molecular formula is C15H16N2O. The molecule has 1 amide bonds. The van der Waals surface area contributed by atoms with Gasteiger partial charge in [-0.25, -0.2) is 0 Å². The van der Waals surface area contributed by atoms with Gasteiger partial charge in [-0.2, -0.15) is 0 Å². The number of hydrogen-bond acceptors (Lipinski definition) is 2. The van der Waals surface area contributed by atoms with Gasteiger partial charge in [-0.05, 0) is 29.2 Å². The van der Waals surface area contributed by atoms with Crippen LogP contribution in [0.25, 0.3) is 11.1 Å². The highest BCUT2D eigenvalue weighted by Gasteiger charge is 2.16. The molecule has 3 heteroatoms. The van der Waals surface area contributed by atoms with E-state index in [2.05, 4.69) is 0 Å². The van der Waals surface area contributed by atoms with E-state index >= 15 is 0 Å². The van der Waals surface area contributed by atoms with E-state index in [1.165, 1.54) is 0 Å². The van der Waals surface area contributed by atoms with Crippen LogP contribution in [-0.4, -0.2) is 5.91 Å². The van der Waals surface area contributed by atoms with Crippen molar-refractivity contribution in [1.29, 1.82) is 0 Å². The Morgan fingerprint density at radius 1 is 1.11 bits per heavy atom. The van der Waals surface area contributed by atoms with Gasteiger partial charge in [-0.15, -0.1) is 0 Å². The number of nitrogens with two attached hydrogens (primary N) is 2. The lowest BCUT2D eigenvalue weighted by atomic mass is 9.92. The van der Waals surface area contributed by atoms with Crippen molar-refractivity contribution in [3.63, 3.8) is 0 Å². The monoisotopic (exact) mass is 240 g/mol. The fourth-order valence-corrected chi connectivity index (χ4v) is 2.18. The molecule has 2 aromatic carbocycles. The number of primary amides is 1. The van der Waals surface area contributed by atoms with Crippen LogP contribution in [0.2, 0.25) is 0 Å². The molecule has 0 saturated heterocycles. The van der Waals surface area contributed by atoms with Crippen molar-refractivity contribution >= 4 is 11.6 Å². The fourth-order valence-electron chi connectivity index (χ4n) is 2.18. The van der Waals surface area contributed by atoms with Gasteiger partial charge in [0.2, 0.25) is 5.91 Å². The maximum atomic E-state index is 11.7. The summed E-state index contributed by atoms with van der Waals surface area (Å²) in [4.78, 5) is 11.7. The molecule has 4 N–H and O–H groups in total. The number of carbonyl (C=O) groups is 1. The molecule has 0 bridgehead atoms. The lowest BCUT2D eigenvalue weighted by Crippen LogP contribution is -2.16. The molecule has 0 radical (unpaired) electrons. The zero-order valence-corrected chi connectivity index (χ0v) is 10.3. The second kappa shape index (κ2) is 4.92. The summed E-state index contributed by atoms with van der Waals surface area (Å²) in [5.41, 5.74) is 15.2. The molecule has 0 aromatic heterocycles. The van der Waals surface area contributed by atoms with Gasteiger partial charge in [0.05, 0.1) is 5.56 Å². The highest BCUT2D eigenvalue weighted by Crippen LogP contribution is 2.29. The lowest BCUT2D eigenvalue weighted by Gasteiger charge is -2.13. The first-order valence-electron chi connectivity index (χ1n) is 5.91. The van der Waals surface area contributed by atoms with Crippen molar-refractivity contribution in [3.8, 4) is 11.1 Å². The van der Waals surface area contributed by atoms with Gasteiger partial charge in [-0.3, -0.25) is 4.79 Å². The summed E-state index contributed by atoms with van der Waals surface area (Å²) in [6, 6.07) is 13.4. The normalized spacial score (nSPS) is 10.3. The molecule has 0 aliphatic carbocycles. The molecule has 2 aromatic rings. The van der Waals surface area contributed by atoms with E-state index in [9.17, 15) is 4.79 Å². The number of hydrogen-bond donors (Lipinski definition) is 2. The molecule has 0 spiro atoms. The molecule has 0 fully saturated rings. The molecule has 0 heterocycles. The van der Waals surface area contributed by atoms with E-state index in [1.54, 1.807) is 0 Å². The predicted octanol–water partition coefficient (Wildman–Crippen LogP) is 2.60. The zero-order valence-electron chi connectivity index (χ0n) is 10.3. The fraction of sp³-hybridized carbons (Fsp3) is 0.133. The van der Waals surface area contributed by atoms with Gasteiger partial charge in [0.1, 0.15) is 0 Å². The van der Waals surface area contributed by atoms with E-state index in [1.807, 2.05) is 49.4 Å². The minimum absolute atomic E-state index is 0.432. The van der Waals surface area contributed by atoms with Crippen molar-refractivity contribution in [2.24, 2.45) is 5.73 Å². The molecule has 3 nitrogen and oxygen atoms in total. The third kappa shape index (κ3) is 2.07. The largest absolute Gasteiger partial charge is 0.398 e. The third-order valence-corrected chi connectivity index (χ3v) is 3.03. The Bertz CT molecular complexity index is 577. The van der Waals surface area contributed by atoms with E-state index < -0.39 is 5.91 Å². The van der Waals surface area contributed by atoms with E-state index in [0.717, 1.165) is 16.7 Å². The van der Waals surface area contributed by atoms with Crippen molar-refractivity contribution < 1.29 is 4.79 Å². The minimum Gasteiger partial charge on any atom is -0.398 e. The maximum Gasteiger partial charge on any atom is 0.249 e. The number of nitrogen functional groups attached to an aromatic ring is 1. The Morgan fingerprint density at radius 2 is 1.78 bits per heavy atom. The van der Waals surface area contributed by atoms with Crippen molar-refractivity contribution in [2.75, 3.05) is 5.73 Å². The van der Waals surface area contributed by atoms with Crippen molar-refractivity contribution in [2.45, 2.75) is 13.3 Å². The predicted molar refractivity (Wildman–Crippen MR) is 74.2 cm³/mol. The highest BCUT2D eigenvalue weighted by atomic mass is 16.1. The maximum absolute atomic E-state index is 11.7. The smallest absolute Gasteiger partial charge is 0.249 e. The lowest BCUT2D eigenvalue weighted by molar-refractivity contribution is 0.1000. The number of carbonyl (C=O) groups excluding carboxylic acids is 1. The number of amides is 1. The molecule has 0 aliphatic heterocycles. The summed E-state index contributed by atoms with van der Waals surface area (Å²) in [7, 11) is 0.